The van der Waals surface area contributed by atoms with Gasteiger partial charge in [-0.3, -0.25) is 0 Å². The zero-order valence-corrected chi connectivity index (χ0v) is 13.0. The van der Waals surface area contributed by atoms with Gasteiger partial charge in [-0.1, -0.05) is 12.1 Å². The second-order valence-corrected chi connectivity index (χ2v) is 7.00. The average Bonchev–Trinajstić information content (AvgIpc) is 2.41. The molecule has 4 nitrogen and oxygen atoms in total. The van der Waals surface area contributed by atoms with E-state index in [0.717, 1.165) is 11.8 Å². The fraction of sp³-hybridized carbons (Fsp3) is 0.267. The van der Waals surface area contributed by atoms with Crippen LogP contribution in [-0.4, -0.2) is 19.7 Å². The second kappa shape index (κ2) is 5.81. The highest BCUT2D eigenvalue weighted by Gasteiger charge is 2.13. The molecule has 0 bridgehead atoms. The largest absolute Gasteiger partial charge is 0.365 e. The van der Waals surface area contributed by atoms with Gasteiger partial charge in [0.05, 0.1) is 0 Å². The normalized spacial score (nSPS) is 11.4. The van der Waals surface area contributed by atoms with Gasteiger partial charge in [-0.05, 0) is 42.7 Å². The maximum atomic E-state index is 13.6. The zero-order valence-electron chi connectivity index (χ0n) is 12.1. The van der Waals surface area contributed by atoms with E-state index < -0.39 is 9.84 Å². The summed E-state index contributed by atoms with van der Waals surface area (Å²) in [6, 6.07) is 6.55. The summed E-state index contributed by atoms with van der Waals surface area (Å²) in [5.74, 6) is 0.0908. The van der Waals surface area contributed by atoms with Crippen molar-refractivity contribution in [2.45, 2.75) is 25.3 Å². The molecule has 0 fully saturated rings. The molecule has 0 amide bonds. The van der Waals surface area contributed by atoms with Gasteiger partial charge < -0.3 is 5.32 Å². The van der Waals surface area contributed by atoms with Crippen LogP contribution in [0, 0.1) is 19.7 Å². The number of benzene rings is 1. The van der Waals surface area contributed by atoms with Gasteiger partial charge in [0, 0.05) is 19.0 Å². The van der Waals surface area contributed by atoms with Crippen molar-refractivity contribution in [3.63, 3.8) is 0 Å². The summed E-state index contributed by atoms with van der Waals surface area (Å²) >= 11 is 0. The van der Waals surface area contributed by atoms with E-state index in [9.17, 15) is 12.8 Å². The van der Waals surface area contributed by atoms with E-state index in [1.807, 2.05) is 0 Å². The number of pyridine rings is 1. The molecule has 6 heteroatoms. The molecule has 0 radical (unpaired) electrons. The lowest BCUT2D eigenvalue weighted by molar-refractivity contribution is 0.601. The summed E-state index contributed by atoms with van der Waals surface area (Å²) in [6.45, 7) is 3.78. The molecule has 0 unspecified atom stereocenters. The Kier molecular flexibility index (Phi) is 4.27. The molecule has 1 aromatic heterocycles. The molecule has 1 aromatic carbocycles. The van der Waals surface area contributed by atoms with Gasteiger partial charge in [-0.2, -0.15) is 0 Å². The van der Waals surface area contributed by atoms with Crippen molar-refractivity contribution in [3.05, 3.63) is 53.0 Å². The number of nitrogens with zero attached hydrogens (tertiary/aromatic N) is 1. The highest BCUT2D eigenvalue weighted by molar-refractivity contribution is 7.90. The molecule has 0 spiro atoms. The number of nitrogens with one attached hydrogen (secondary N) is 1. The lowest BCUT2D eigenvalue weighted by Crippen LogP contribution is -2.08. The molecule has 0 saturated carbocycles. The number of sulfone groups is 1. The first kappa shape index (κ1) is 15.4. The topological polar surface area (TPSA) is 59.1 Å². The van der Waals surface area contributed by atoms with Crippen LogP contribution in [0.5, 0.6) is 0 Å². The summed E-state index contributed by atoms with van der Waals surface area (Å²) in [5, 5.41) is 3.00. The van der Waals surface area contributed by atoms with Crippen molar-refractivity contribution in [1.82, 2.24) is 4.98 Å². The van der Waals surface area contributed by atoms with Gasteiger partial charge in [0.1, 0.15) is 16.5 Å². The summed E-state index contributed by atoms with van der Waals surface area (Å²) in [4.78, 5) is 4.21. The number of hydrogen-bond acceptors (Lipinski definition) is 4. The van der Waals surface area contributed by atoms with Crippen LogP contribution in [-0.2, 0) is 16.4 Å². The van der Waals surface area contributed by atoms with Gasteiger partial charge in [0.2, 0.25) is 0 Å². The fourth-order valence-electron chi connectivity index (χ4n) is 2.15. The minimum atomic E-state index is -3.35. The van der Waals surface area contributed by atoms with E-state index >= 15 is 0 Å². The maximum Gasteiger partial charge on any atom is 0.179 e. The molecule has 0 aliphatic heterocycles. The molecule has 0 aliphatic rings. The molecule has 21 heavy (non-hydrogen) atoms. The molecule has 1 heterocycles. The van der Waals surface area contributed by atoms with Crippen molar-refractivity contribution in [2.24, 2.45) is 0 Å². The van der Waals surface area contributed by atoms with Gasteiger partial charge in [0.15, 0.2) is 9.84 Å². The van der Waals surface area contributed by atoms with Crippen LogP contribution in [0.25, 0.3) is 0 Å². The lowest BCUT2D eigenvalue weighted by Gasteiger charge is -2.11. The molecule has 2 rings (SSSR count). The summed E-state index contributed by atoms with van der Waals surface area (Å²) in [7, 11) is -3.35. The van der Waals surface area contributed by atoms with Crippen LogP contribution < -0.4 is 5.32 Å². The predicted octanol–water partition coefficient (Wildman–Crippen LogP) is 2.85. The first-order chi connectivity index (χ1) is 9.79. The first-order valence-corrected chi connectivity index (χ1v) is 8.33. The van der Waals surface area contributed by atoms with Crippen molar-refractivity contribution in [1.29, 1.82) is 0 Å². The number of aryl methyl sites for hydroxylation is 2. The van der Waals surface area contributed by atoms with Crippen molar-refractivity contribution in [3.8, 4) is 0 Å². The smallest absolute Gasteiger partial charge is 0.179 e. The van der Waals surface area contributed by atoms with Crippen molar-refractivity contribution < 1.29 is 12.8 Å². The SMILES string of the molecule is Cc1cc(CNc2ncccc2S(C)(=O)=O)cc(C)c1F. The molecule has 2 aromatic rings. The number of aromatic nitrogens is 1. The Balaban J connectivity index is 2.26. The Hall–Kier alpha value is -1.95. The van der Waals surface area contributed by atoms with E-state index in [4.69, 9.17) is 0 Å². The van der Waals surface area contributed by atoms with Gasteiger partial charge in [0.25, 0.3) is 0 Å². The Morgan fingerprint density at radius 3 is 2.43 bits per heavy atom. The zero-order chi connectivity index (χ0) is 15.6. The molecule has 1 N–H and O–H groups in total. The third-order valence-electron chi connectivity index (χ3n) is 3.13. The van der Waals surface area contributed by atoms with Crippen LogP contribution in [0.2, 0.25) is 0 Å². The number of rotatable bonds is 4. The standard InChI is InChI=1S/C15H17FN2O2S/c1-10-7-12(8-11(2)14(10)16)9-18-15-13(21(3,19)20)5-4-6-17-15/h4-8H,9H2,1-3H3,(H,17,18). The molecule has 112 valence electrons. The summed E-state index contributed by atoms with van der Waals surface area (Å²) in [6.07, 6.45) is 2.67. The molecule has 0 aliphatic carbocycles. The highest BCUT2D eigenvalue weighted by atomic mass is 32.2. The minimum Gasteiger partial charge on any atom is -0.365 e. The minimum absolute atomic E-state index is 0.153. The van der Waals surface area contributed by atoms with E-state index in [1.54, 1.807) is 32.0 Å². The monoisotopic (exact) mass is 308 g/mol. The Labute approximate surface area is 124 Å². The van der Waals surface area contributed by atoms with Crippen LogP contribution in [0.1, 0.15) is 16.7 Å². The quantitative estimate of drug-likeness (QED) is 0.943. The molecular formula is C15H17FN2O2S. The van der Waals surface area contributed by atoms with E-state index in [-0.39, 0.29) is 10.7 Å². The highest BCUT2D eigenvalue weighted by Crippen LogP contribution is 2.20. The molecule has 0 saturated heterocycles. The Morgan fingerprint density at radius 2 is 1.86 bits per heavy atom. The van der Waals surface area contributed by atoms with E-state index in [1.165, 1.54) is 12.3 Å². The maximum absolute atomic E-state index is 13.6. The van der Waals surface area contributed by atoms with Crippen LogP contribution in [0.3, 0.4) is 0 Å². The third kappa shape index (κ3) is 3.58. The van der Waals surface area contributed by atoms with E-state index in [0.29, 0.717) is 23.5 Å². The fourth-order valence-corrected chi connectivity index (χ4v) is 2.95. The van der Waals surface area contributed by atoms with Crippen LogP contribution in [0.15, 0.2) is 35.4 Å². The number of hydrogen-bond donors (Lipinski definition) is 1. The molecule has 0 atom stereocenters. The van der Waals surface area contributed by atoms with Gasteiger partial charge >= 0.3 is 0 Å². The third-order valence-corrected chi connectivity index (χ3v) is 4.25. The Bertz CT molecular complexity index is 750. The summed E-state index contributed by atoms with van der Waals surface area (Å²) in [5.41, 5.74) is 2.00. The second-order valence-electron chi connectivity index (χ2n) is 5.02. The Morgan fingerprint density at radius 1 is 1.24 bits per heavy atom. The average molecular weight is 308 g/mol. The lowest BCUT2D eigenvalue weighted by atomic mass is 10.1. The number of anilines is 1. The van der Waals surface area contributed by atoms with Gasteiger partial charge in [-0.15, -0.1) is 0 Å². The van der Waals surface area contributed by atoms with Crippen molar-refractivity contribution in [2.75, 3.05) is 11.6 Å². The first-order valence-electron chi connectivity index (χ1n) is 6.43. The number of halogens is 1. The van der Waals surface area contributed by atoms with Crippen LogP contribution in [0.4, 0.5) is 10.2 Å². The summed E-state index contributed by atoms with van der Waals surface area (Å²) < 4.78 is 37.0. The molecular weight excluding hydrogens is 291 g/mol. The van der Waals surface area contributed by atoms with Crippen LogP contribution >= 0.6 is 0 Å². The van der Waals surface area contributed by atoms with E-state index in [2.05, 4.69) is 10.3 Å². The van der Waals surface area contributed by atoms with Crippen molar-refractivity contribution >= 4 is 15.7 Å². The van der Waals surface area contributed by atoms with Gasteiger partial charge in [-0.25, -0.2) is 17.8 Å². The predicted molar refractivity (Wildman–Crippen MR) is 80.5 cm³/mol.